The van der Waals surface area contributed by atoms with Crippen LogP contribution in [0.15, 0.2) is 35.4 Å². The number of aromatic amines is 1. The van der Waals surface area contributed by atoms with E-state index in [2.05, 4.69) is 17.6 Å². The maximum absolute atomic E-state index is 10.6. The van der Waals surface area contributed by atoms with Gasteiger partial charge in [0, 0.05) is 22.7 Å². The molecule has 0 saturated heterocycles. The van der Waals surface area contributed by atoms with Crippen LogP contribution in [0.2, 0.25) is 0 Å². The normalized spacial score (nSPS) is 11.9. The standard InChI is InChI=1S/C11H9NO2S/c13-11(14)10(15)5-7-6-12-9-4-2-1-3-8(7)9/h1-6,12,15H,(H,13,14)/b10-5-. The molecule has 0 aliphatic heterocycles. The van der Waals surface area contributed by atoms with Crippen molar-refractivity contribution in [3.05, 3.63) is 40.9 Å². The van der Waals surface area contributed by atoms with Crippen LogP contribution in [0.4, 0.5) is 0 Å². The van der Waals surface area contributed by atoms with Crippen LogP contribution in [0.5, 0.6) is 0 Å². The van der Waals surface area contributed by atoms with Gasteiger partial charge < -0.3 is 10.1 Å². The highest BCUT2D eigenvalue weighted by molar-refractivity contribution is 7.85. The highest BCUT2D eigenvalue weighted by atomic mass is 32.1. The number of aliphatic carboxylic acids is 1. The van der Waals surface area contributed by atoms with Crippen molar-refractivity contribution < 1.29 is 9.90 Å². The Morgan fingerprint density at radius 3 is 2.87 bits per heavy atom. The molecule has 2 N–H and O–H groups in total. The number of rotatable bonds is 2. The molecule has 2 rings (SSSR count). The summed E-state index contributed by atoms with van der Waals surface area (Å²) in [5.74, 6) is -1.02. The van der Waals surface area contributed by atoms with Crippen LogP contribution in [-0.2, 0) is 4.79 Å². The monoisotopic (exact) mass is 219 g/mol. The van der Waals surface area contributed by atoms with Gasteiger partial charge in [-0.2, -0.15) is 0 Å². The SMILES string of the molecule is O=C(O)/C(S)=C/c1c[nH]c2ccccc12. The second kappa shape index (κ2) is 3.82. The molecule has 0 amide bonds. The highest BCUT2D eigenvalue weighted by Gasteiger charge is 2.04. The van der Waals surface area contributed by atoms with Gasteiger partial charge in [0.1, 0.15) is 0 Å². The zero-order valence-electron chi connectivity index (χ0n) is 7.77. The smallest absolute Gasteiger partial charge is 0.341 e. The number of thiol groups is 1. The van der Waals surface area contributed by atoms with E-state index in [-0.39, 0.29) is 4.91 Å². The molecule has 3 nitrogen and oxygen atoms in total. The Morgan fingerprint density at radius 2 is 2.13 bits per heavy atom. The van der Waals surface area contributed by atoms with Crippen LogP contribution in [0.1, 0.15) is 5.56 Å². The first kappa shape index (κ1) is 9.86. The Hall–Kier alpha value is -1.68. The highest BCUT2D eigenvalue weighted by Crippen LogP contribution is 2.20. The van der Waals surface area contributed by atoms with Gasteiger partial charge >= 0.3 is 5.97 Å². The first-order valence-electron chi connectivity index (χ1n) is 4.38. The maximum Gasteiger partial charge on any atom is 0.341 e. The Labute approximate surface area is 91.8 Å². The molecule has 0 radical (unpaired) electrons. The van der Waals surface area contributed by atoms with Crippen molar-refractivity contribution in [2.24, 2.45) is 0 Å². The van der Waals surface area contributed by atoms with Crippen LogP contribution >= 0.6 is 12.6 Å². The minimum absolute atomic E-state index is 0.0275. The van der Waals surface area contributed by atoms with Crippen molar-refractivity contribution in [3.63, 3.8) is 0 Å². The van der Waals surface area contributed by atoms with Gasteiger partial charge in [-0.1, -0.05) is 18.2 Å². The summed E-state index contributed by atoms with van der Waals surface area (Å²) in [7, 11) is 0. The average Bonchev–Trinajstić information content (AvgIpc) is 2.62. The number of aromatic nitrogens is 1. The summed E-state index contributed by atoms with van der Waals surface area (Å²) in [6.07, 6.45) is 3.30. The molecule has 0 fully saturated rings. The zero-order valence-corrected chi connectivity index (χ0v) is 8.66. The summed E-state index contributed by atoms with van der Waals surface area (Å²) < 4.78 is 0. The molecular weight excluding hydrogens is 210 g/mol. The number of benzene rings is 1. The Morgan fingerprint density at radius 1 is 1.40 bits per heavy atom. The van der Waals surface area contributed by atoms with Crippen LogP contribution in [0.3, 0.4) is 0 Å². The predicted molar refractivity (Wildman–Crippen MR) is 62.9 cm³/mol. The van der Waals surface area contributed by atoms with E-state index in [0.717, 1.165) is 16.5 Å². The Bertz CT molecular complexity index is 542. The van der Waals surface area contributed by atoms with E-state index in [0.29, 0.717) is 0 Å². The van der Waals surface area contributed by atoms with Crippen LogP contribution in [0, 0.1) is 0 Å². The molecule has 0 unspecified atom stereocenters. The lowest BCUT2D eigenvalue weighted by Crippen LogP contribution is -1.92. The molecule has 76 valence electrons. The summed E-state index contributed by atoms with van der Waals surface area (Å²) in [4.78, 5) is 13.7. The van der Waals surface area contributed by atoms with Crippen LogP contribution in [0.25, 0.3) is 17.0 Å². The van der Waals surface area contributed by atoms with Crippen LogP contribution < -0.4 is 0 Å². The predicted octanol–water partition coefficient (Wildman–Crippen LogP) is 2.52. The quantitative estimate of drug-likeness (QED) is 0.537. The van der Waals surface area contributed by atoms with Crippen molar-refractivity contribution in [3.8, 4) is 0 Å². The molecule has 0 atom stereocenters. The van der Waals surface area contributed by atoms with E-state index < -0.39 is 5.97 Å². The van der Waals surface area contributed by atoms with Gasteiger partial charge in [0.15, 0.2) is 0 Å². The first-order chi connectivity index (χ1) is 7.18. The van der Waals surface area contributed by atoms with E-state index in [1.165, 1.54) is 6.08 Å². The second-order valence-corrected chi connectivity index (χ2v) is 3.61. The topological polar surface area (TPSA) is 53.1 Å². The largest absolute Gasteiger partial charge is 0.477 e. The van der Waals surface area contributed by atoms with Crippen molar-refractivity contribution in [2.75, 3.05) is 0 Å². The molecule has 2 aromatic rings. The van der Waals surface area contributed by atoms with Gasteiger partial charge in [0.2, 0.25) is 0 Å². The zero-order chi connectivity index (χ0) is 10.8. The van der Waals surface area contributed by atoms with Crippen molar-refractivity contribution in [1.82, 2.24) is 4.98 Å². The summed E-state index contributed by atoms with van der Waals surface area (Å²) in [5, 5.41) is 9.69. The number of carboxylic acid groups (broad SMARTS) is 1. The number of H-pyrrole nitrogens is 1. The van der Waals surface area contributed by atoms with Crippen molar-refractivity contribution >= 4 is 35.6 Å². The fraction of sp³-hybridized carbons (Fsp3) is 0. The van der Waals surface area contributed by atoms with Crippen molar-refractivity contribution in [1.29, 1.82) is 0 Å². The van der Waals surface area contributed by atoms with E-state index in [1.807, 2.05) is 24.3 Å². The van der Waals surface area contributed by atoms with Crippen molar-refractivity contribution in [2.45, 2.75) is 0 Å². The summed E-state index contributed by atoms with van der Waals surface area (Å²) in [5.41, 5.74) is 1.81. The Kier molecular flexibility index (Phi) is 2.51. The Balaban J connectivity index is 2.54. The molecule has 4 heteroatoms. The molecule has 1 aromatic carbocycles. The third-order valence-corrected chi connectivity index (χ3v) is 2.45. The van der Waals surface area contributed by atoms with E-state index in [4.69, 9.17) is 5.11 Å². The lowest BCUT2D eigenvalue weighted by Gasteiger charge is -1.92. The van der Waals surface area contributed by atoms with Gasteiger partial charge in [0.05, 0.1) is 4.91 Å². The lowest BCUT2D eigenvalue weighted by molar-refractivity contribution is -0.131. The molecule has 0 spiro atoms. The van der Waals surface area contributed by atoms with E-state index in [1.54, 1.807) is 6.20 Å². The van der Waals surface area contributed by atoms with Crippen LogP contribution in [-0.4, -0.2) is 16.1 Å². The van der Waals surface area contributed by atoms with Gasteiger partial charge in [0.25, 0.3) is 0 Å². The third-order valence-electron chi connectivity index (χ3n) is 2.13. The fourth-order valence-electron chi connectivity index (χ4n) is 1.42. The molecule has 1 heterocycles. The first-order valence-corrected chi connectivity index (χ1v) is 4.83. The molecule has 0 saturated carbocycles. The average molecular weight is 219 g/mol. The molecule has 1 aromatic heterocycles. The number of para-hydroxylation sites is 1. The number of carbonyl (C=O) groups is 1. The summed E-state index contributed by atoms with van der Waals surface area (Å²) in [6.45, 7) is 0. The molecule has 0 aliphatic rings. The number of hydrogen-bond acceptors (Lipinski definition) is 2. The lowest BCUT2D eigenvalue weighted by atomic mass is 10.1. The number of carboxylic acids is 1. The maximum atomic E-state index is 10.6. The number of hydrogen-bond donors (Lipinski definition) is 3. The van der Waals surface area contributed by atoms with Gasteiger partial charge in [-0.15, -0.1) is 12.6 Å². The number of fused-ring (bicyclic) bond motifs is 1. The van der Waals surface area contributed by atoms with Gasteiger partial charge in [-0.25, -0.2) is 4.79 Å². The minimum Gasteiger partial charge on any atom is -0.477 e. The molecular formula is C11H9NO2S. The fourth-order valence-corrected chi connectivity index (χ4v) is 1.56. The second-order valence-electron chi connectivity index (χ2n) is 3.12. The van der Waals surface area contributed by atoms with Gasteiger partial charge in [-0.3, -0.25) is 0 Å². The minimum atomic E-state index is -1.02. The summed E-state index contributed by atoms with van der Waals surface area (Å²) >= 11 is 3.88. The van der Waals surface area contributed by atoms with E-state index in [9.17, 15) is 4.79 Å². The summed E-state index contributed by atoms with van der Waals surface area (Å²) in [6, 6.07) is 7.70. The molecule has 15 heavy (non-hydrogen) atoms. The van der Waals surface area contributed by atoms with Gasteiger partial charge in [-0.05, 0) is 12.1 Å². The number of nitrogens with one attached hydrogen (secondary N) is 1. The van der Waals surface area contributed by atoms with E-state index >= 15 is 0 Å². The molecule has 0 bridgehead atoms. The third kappa shape index (κ3) is 1.89. The molecule has 0 aliphatic carbocycles.